The Morgan fingerprint density at radius 2 is 1.52 bits per heavy atom. The molecule has 288 valence electrons. The Kier molecular flexibility index (Phi) is 13.2. The standard InChI is InChI=1S/C37H39F3N4O10/c1-20-29(35(46)52-5)31(24-13-12-14-25(19-24)43(48)49)30(21(2)41-20)36(47)53-18-11-7-6-8-17-28(45)54-34-23(4)42-22(3)33(44(50)51)32(34)26-15-9-10-16-27(26)37(38,39)40/h9-10,12-16,19,29,31-33H,6-8,11,17-18H2,1-5H3. The number of nitro groups is 2. The van der Waals surface area contributed by atoms with Gasteiger partial charge >= 0.3 is 24.1 Å². The predicted molar refractivity (Wildman–Crippen MR) is 188 cm³/mol. The highest BCUT2D eigenvalue weighted by Crippen LogP contribution is 2.44. The number of nitro benzene ring substituents is 1. The second kappa shape index (κ2) is 17.4. The zero-order valence-corrected chi connectivity index (χ0v) is 30.2. The average Bonchev–Trinajstić information content (AvgIpc) is 3.10. The number of unbranched alkanes of at least 4 members (excludes halogenated alkanes) is 3. The molecule has 0 bridgehead atoms. The van der Waals surface area contributed by atoms with Crippen molar-refractivity contribution in [3.63, 3.8) is 0 Å². The SMILES string of the molecule is COC(=O)C1C(C)=NC(C)=C(C(=O)OCCCCCCC(=O)OC2=C(C)N=C(C)C([N+](=O)[O-])C2c2ccccc2C(F)(F)F)C1c1cccc([N+](=O)[O-])c1. The van der Waals surface area contributed by atoms with Crippen molar-refractivity contribution in [3.05, 3.63) is 108 Å². The van der Waals surface area contributed by atoms with Gasteiger partial charge in [0.1, 0.15) is 17.6 Å². The number of ether oxygens (including phenoxy) is 3. The highest BCUT2D eigenvalue weighted by Gasteiger charge is 2.48. The first-order chi connectivity index (χ1) is 25.5. The van der Waals surface area contributed by atoms with E-state index in [1.165, 1.54) is 51.3 Å². The maximum absolute atomic E-state index is 14.0. The number of allylic oxidation sites excluding steroid dienone is 2. The summed E-state index contributed by atoms with van der Waals surface area (Å²) in [4.78, 5) is 70.0. The van der Waals surface area contributed by atoms with E-state index < -0.39 is 68.9 Å². The summed E-state index contributed by atoms with van der Waals surface area (Å²) >= 11 is 0. The van der Waals surface area contributed by atoms with Gasteiger partial charge in [0.25, 0.3) is 11.7 Å². The van der Waals surface area contributed by atoms with Gasteiger partial charge in [-0.3, -0.25) is 39.8 Å². The minimum Gasteiger partial charge on any atom is -0.468 e. The number of benzene rings is 2. The lowest BCUT2D eigenvalue weighted by Gasteiger charge is -2.31. The summed E-state index contributed by atoms with van der Waals surface area (Å²) in [6, 6.07) is 8.34. The highest BCUT2D eigenvalue weighted by molar-refractivity contribution is 6.07. The summed E-state index contributed by atoms with van der Waals surface area (Å²) in [6.07, 6.45) is -3.36. The summed E-state index contributed by atoms with van der Waals surface area (Å²) < 4.78 is 57.9. The van der Waals surface area contributed by atoms with Crippen molar-refractivity contribution >= 4 is 35.0 Å². The average molecular weight is 757 g/mol. The van der Waals surface area contributed by atoms with E-state index in [2.05, 4.69) is 9.98 Å². The second-order valence-electron chi connectivity index (χ2n) is 12.9. The van der Waals surface area contributed by atoms with Crippen LogP contribution in [0.5, 0.6) is 0 Å². The second-order valence-corrected chi connectivity index (χ2v) is 12.9. The third-order valence-corrected chi connectivity index (χ3v) is 9.23. The Labute approximate surface area is 308 Å². The van der Waals surface area contributed by atoms with Crippen LogP contribution >= 0.6 is 0 Å². The number of nitrogens with zero attached hydrogens (tertiary/aromatic N) is 4. The fraction of sp³-hybridized carbons (Fsp3) is 0.432. The largest absolute Gasteiger partial charge is 0.468 e. The number of esters is 3. The maximum Gasteiger partial charge on any atom is 0.416 e. The highest BCUT2D eigenvalue weighted by atomic mass is 19.4. The Morgan fingerprint density at radius 1 is 0.852 bits per heavy atom. The van der Waals surface area contributed by atoms with Gasteiger partial charge in [0, 0.05) is 40.8 Å². The van der Waals surface area contributed by atoms with Crippen LogP contribution in [0.1, 0.15) is 88.3 Å². The van der Waals surface area contributed by atoms with Crippen LogP contribution in [0.4, 0.5) is 18.9 Å². The van der Waals surface area contributed by atoms with Crippen molar-refractivity contribution in [2.45, 2.75) is 83.9 Å². The third-order valence-electron chi connectivity index (χ3n) is 9.23. The lowest BCUT2D eigenvalue weighted by molar-refractivity contribution is -0.506. The van der Waals surface area contributed by atoms with Crippen molar-refractivity contribution in [2.24, 2.45) is 15.9 Å². The monoisotopic (exact) mass is 756 g/mol. The normalized spacial score (nSPS) is 20.1. The number of carbonyl (C=O) groups is 3. The van der Waals surface area contributed by atoms with Gasteiger partial charge in [0.15, 0.2) is 0 Å². The molecule has 0 amide bonds. The molecule has 4 atom stereocenters. The van der Waals surface area contributed by atoms with Crippen LogP contribution in [0, 0.1) is 26.1 Å². The van der Waals surface area contributed by atoms with Crippen LogP contribution in [-0.4, -0.2) is 58.9 Å². The fourth-order valence-corrected chi connectivity index (χ4v) is 6.81. The van der Waals surface area contributed by atoms with Gasteiger partial charge in [-0.2, -0.15) is 13.2 Å². The number of rotatable bonds is 14. The summed E-state index contributed by atoms with van der Waals surface area (Å²) in [5.74, 6) is -6.11. The molecule has 54 heavy (non-hydrogen) atoms. The molecule has 14 nitrogen and oxygen atoms in total. The van der Waals surface area contributed by atoms with E-state index in [0.29, 0.717) is 30.5 Å². The van der Waals surface area contributed by atoms with Crippen LogP contribution in [-0.2, 0) is 34.8 Å². The van der Waals surface area contributed by atoms with Gasteiger partial charge in [-0.25, -0.2) is 4.79 Å². The third kappa shape index (κ3) is 9.24. The van der Waals surface area contributed by atoms with E-state index in [9.17, 15) is 47.8 Å². The van der Waals surface area contributed by atoms with Crippen molar-refractivity contribution in [2.75, 3.05) is 13.7 Å². The molecule has 4 rings (SSSR count). The molecule has 0 fully saturated rings. The van der Waals surface area contributed by atoms with Crippen molar-refractivity contribution < 1.29 is 51.6 Å². The molecule has 2 aromatic carbocycles. The smallest absolute Gasteiger partial charge is 0.416 e. The number of alkyl halides is 3. The van der Waals surface area contributed by atoms with Crippen LogP contribution in [0.15, 0.2) is 81.2 Å². The quantitative estimate of drug-likeness (QED) is 0.0617. The molecule has 0 saturated heterocycles. The molecule has 2 aliphatic heterocycles. The van der Waals surface area contributed by atoms with E-state index >= 15 is 0 Å². The molecule has 0 radical (unpaired) electrons. The van der Waals surface area contributed by atoms with Crippen molar-refractivity contribution in [1.82, 2.24) is 0 Å². The van der Waals surface area contributed by atoms with Gasteiger partial charge in [-0.1, -0.05) is 43.2 Å². The molecule has 2 aliphatic rings. The topological polar surface area (TPSA) is 190 Å². The number of methoxy groups -OCH3 is 1. The molecular weight excluding hydrogens is 717 g/mol. The molecule has 2 heterocycles. The first-order valence-corrected chi connectivity index (χ1v) is 17.0. The molecule has 4 unspecified atom stereocenters. The van der Waals surface area contributed by atoms with Gasteiger partial charge in [0.05, 0.1) is 41.2 Å². The minimum absolute atomic E-state index is 0.0272. The van der Waals surface area contributed by atoms with Crippen molar-refractivity contribution in [3.8, 4) is 0 Å². The van der Waals surface area contributed by atoms with Crippen molar-refractivity contribution in [1.29, 1.82) is 0 Å². The Hall–Kier alpha value is -5.74. The zero-order chi connectivity index (χ0) is 39.9. The number of carbonyl (C=O) groups excluding carboxylic acids is 3. The summed E-state index contributed by atoms with van der Waals surface area (Å²) in [7, 11) is 1.19. The molecule has 0 N–H and O–H groups in total. The molecule has 2 aromatic rings. The first-order valence-electron chi connectivity index (χ1n) is 17.0. The summed E-state index contributed by atoms with van der Waals surface area (Å²) in [6.45, 7) is 5.88. The number of aliphatic imine (C=N–C) groups is 2. The number of hydrogen-bond acceptors (Lipinski definition) is 12. The summed E-state index contributed by atoms with van der Waals surface area (Å²) in [5.41, 5.74) is -0.659. The Balaban J connectivity index is 1.38. The van der Waals surface area contributed by atoms with E-state index in [4.69, 9.17) is 14.2 Å². The van der Waals surface area contributed by atoms with Crippen LogP contribution in [0.25, 0.3) is 0 Å². The molecule has 0 aromatic heterocycles. The molecular formula is C37H39F3N4O10. The van der Waals surface area contributed by atoms with Crippen LogP contribution in [0.2, 0.25) is 0 Å². The van der Waals surface area contributed by atoms with Gasteiger partial charge < -0.3 is 14.2 Å². The van der Waals surface area contributed by atoms with Gasteiger partial charge in [-0.15, -0.1) is 0 Å². The van der Waals surface area contributed by atoms with E-state index in [1.54, 1.807) is 19.9 Å². The lowest BCUT2D eigenvalue weighted by Crippen LogP contribution is -2.39. The minimum atomic E-state index is -4.82. The fourth-order valence-electron chi connectivity index (χ4n) is 6.81. The van der Waals surface area contributed by atoms with E-state index in [-0.39, 0.29) is 53.6 Å². The van der Waals surface area contributed by atoms with Gasteiger partial charge in [0.2, 0.25) is 0 Å². The lowest BCUT2D eigenvalue weighted by atomic mass is 9.75. The Morgan fingerprint density at radius 3 is 2.17 bits per heavy atom. The molecule has 0 spiro atoms. The maximum atomic E-state index is 14.0. The van der Waals surface area contributed by atoms with E-state index in [1.807, 2.05) is 0 Å². The number of halogens is 3. The summed E-state index contributed by atoms with van der Waals surface area (Å²) in [5, 5.41) is 23.6. The molecule has 17 heteroatoms. The molecule has 0 saturated carbocycles. The van der Waals surface area contributed by atoms with Crippen LogP contribution in [0.3, 0.4) is 0 Å². The first kappa shape index (κ1) is 41.0. The zero-order valence-electron chi connectivity index (χ0n) is 30.2. The number of non-ortho nitro benzene ring substituents is 1. The predicted octanol–water partition coefficient (Wildman–Crippen LogP) is 7.41. The number of hydrogen-bond donors (Lipinski definition) is 0. The van der Waals surface area contributed by atoms with E-state index in [0.717, 1.165) is 12.1 Å². The molecule has 0 aliphatic carbocycles. The van der Waals surface area contributed by atoms with Gasteiger partial charge in [-0.05, 0) is 57.7 Å². The van der Waals surface area contributed by atoms with Crippen LogP contribution < -0.4 is 0 Å². The Bertz CT molecular complexity index is 1950.